The second kappa shape index (κ2) is 7.06. The summed E-state index contributed by atoms with van der Waals surface area (Å²) >= 11 is 0. The van der Waals surface area contributed by atoms with E-state index in [1.165, 1.54) is 31.2 Å². The third-order valence-corrected chi connectivity index (χ3v) is 4.56. The van der Waals surface area contributed by atoms with Crippen molar-refractivity contribution < 1.29 is 0 Å². The molecule has 2 heteroatoms. The normalized spacial score (nSPS) is 25.5. The van der Waals surface area contributed by atoms with Gasteiger partial charge in [0.1, 0.15) is 0 Å². The maximum Gasteiger partial charge on any atom is 0.0472 e. The predicted molar refractivity (Wildman–Crippen MR) is 82.3 cm³/mol. The van der Waals surface area contributed by atoms with Crippen molar-refractivity contribution >= 4 is 0 Å². The smallest absolute Gasteiger partial charge is 0.0472 e. The van der Waals surface area contributed by atoms with Crippen LogP contribution in [0, 0.1) is 5.92 Å². The molecule has 0 saturated heterocycles. The van der Waals surface area contributed by atoms with Crippen LogP contribution in [0.3, 0.4) is 0 Å². The fourth-order valence-electron chi connectivity index (χ4n) is 3.39. The molecule has 0 aromatic heterocycles. The van der Waals surface area contributed by atoms with E-state index < -0.39 is 0 Å². The van der Waals surface area contributed by atoms with Crippen LogP contribution in [0.1, 0.15) is 44.2 Å². The number of nitrogens with zero attached hydrogens (tertiary/aromatic N) is 1. The molecule has 1 aliphatic rings. The summed E-state index contributed by atoms with van der Waals surface area (Å²) in [7, 11) is 4.35. The maximum absolute atomic E-state index is 3.36. The van der Waals surface area contributed by atoms with Gasteiger partial charge in [-0.25, -0.2) is 0 Å². The van der Waals surface area contributed by atoms with E-state index in [4.69, 9.17) is 0 Å². The molecule has 0 heterocycles. The number of hydrogen-bond acceptors (Lipinski definition) is 2. The van der Waals surface area contributed by atoms with Crippen molar-refractivity contribution in [1.29, 1.82) is 0 Å². The van der Waals surface area contributed by atoms with Gasteiger partial charge >= 0.3 is 0 Å². The average molecular weight is 260 g/mol. The summed E-state index contributed by atoms with van der Waals surface area (Å²) in [4.78, 5) is 2.60. The molecule has 1 N–H and O–H groups in total. The van der Waals surface area contributed by atoms with Gasteiger partial charge in [-0.1, -0.05) is 50.1 Å². The zero-order valence-corrected chi connectivity index (χ0v) is 12.6. The lowest BCUT2D eigenvalue weighted by molar-refractivity contribution is 0.117. The Hall–Kier alpha value is -0.860. The van der Waals surface area contributed by atoms with Crippen LogP contribution in [0.2, 0.25) is 0 Å². The van der Waals surface area contributed by atoms with E-state index in [0.29, 0.717) is 6.04 Å². The predicted octanol–water partition coefficient (Wildman–Crippen LogP) is 3.46. The molecule has 1 aromatic rings. The highest BCUT2D eigenvalue weighted by atomic mass is 15.2. The molecule has 19 heavy (non-hydrogen) atoms. The van der Waals surface area contributed by atoms with Crippen LogP contribution in [-0.2, 0) is 0 Å². The molecule has 2 nitrogen and oxygen atoms in total. The number of rotatable bonds is 5. The minimum Gasteiger partial charge on any atom is -0.318 e. The van der Waals surface area contributed by atoms with E-state index in [-0.39, 0.29) is 0 Å². The van der Waals surface area contributed by atoms with Gasteiger partial charge in [0.2, 0.25) is 0 Å². The third kappa shape index (κ3) is 3.80. The topological polar surface area (TPSA) is 15.3 Å². The first-order chi connectivity index (χ1) is 9.22. The lowest BCUT2D eigenvalue weighted by Crippen LogP contribution is -2.41. The molecular weight excluding hydrogens is 232 g/mol. The molecule has 1 saturated carbocycles. The van der Waals surface area contributed by atoms with Crippen LogP contribution in [-0.4, -0.2) is 31.6 Å². The van der Waals surface area contributed by atoms with Crippen LogP contribution in [0.15, 0.2) is 30.3 Å². The summed E-state index contributed by atoms with van der Waals surface area (Å²) in [6, 6.07) is 12.1. The molecule has 3 unspecified atom stereocenters. The molecule has 0 radical (unpaired) electrons. The van der Waals surface area contributed by atoms with E-state index in [2.05, 4.69) is 54.5 Å². The lowest BCUT2D eigenvalue weighted by Gasteiger charge is -2.39. The van der Waals surface area contributed by atoms with E-state index in [1.807, 2.05) is 7.05 Å². The van der Waals surface area contributed by atoms with Crippen LogP contribution in [0.5, 0.6) is 0 Å². The molecule has 106 valence electrons. The van der Waals surface area contributed by atoms with Crippen LogP contribution >= 0.6 is 0 Å². The monoisotopic (exact) mass is 260 g/mol. The SMILES string of the molecule is CNCC(c1ccccc1)N(C)C1CCCC(C)C1. The molecule has 0 spiro atoms. The van der Waals surface area contributed by atoms with Crippen molar-refractivity contribution in [1.82, 2.24) is 10.2 Å². The van der Waals surface area contributed by atoms with Gasteiger partial charge in [0, 0.05) is 18.6 Å². The Balaban J connectivity index is 2.09. The fraction of sp³-hybridized carbons (Fsp3) is 0.647. The molecule has 1 aromatic carbocycles. The van der Waals surface area contributed by atoms with Gasteiger partial charge in [0.05, 0.1) is 0 Å². The molecule has 2 rings (SSSR count). The highest BCUT2D eigenvalue weighted by Crippen LogP contribution is 2.31. The molecule has 1 aliphatic carbocycles. The minimum absolute atomic E-state index is 0.487. The Morgan fingerprint density at radius 1 is 1.26 bits per heavy atom. The summed E-state index contributed by atoms with van der Waals surface area (Å²) in [5, 5.41) is 3.36. The van der Waals surface area contributed by atoms with Crippen molar-refractivity contribution in [3.05, 3.63) is 35.9 Å². The number of likely N-dealkylation sites (N-methyl/N-ethyl adjacent to an activating group) is 2. The second-order valence-electron chi connectivity index (χ2n) is 6.08. The molecule has 0 bridgehead atoms. The van der Waals surface area contributed by atoms with Crippen molar-refractivity contribution in [3.63, 3.8) is 0 Å². The first-order valence-electron chi connectivity index (χ1n) is 7.64. The van der Waals surface area contributed by atoms with Gasteiger partial charge < -0.3 is 5.32 Å². The van der Waals surface area contributed by atoms with E-state index in [9.17, 15) is 0 Å². The number of nitrogens with one attached hydrogen (secondary N) is 1. The van der Waals surface area contributed by atoms with Crippen molar-refractivity contribution in [2.75, 3.05) is 20.6 Å². The van der Waals surface area contributed by atoms with Gasteiger partial charge in [-0.3, -0.25) is 4.90 Å². The third-order valence-electron chi connectivity index (χ3n) is 4.56. The summed E-state index contributed by atoms with van der Waals surface area (Å²) in [5.41, 5.74) is 1.43. The Morgan fingerprint density at radius 3 is 2.63 bits per heavy atom. The minimum atomic E-state index is 0.487. The average Bonchev–Trinajstić information content (AvgIpc) is 2.45. The van der Waals surface area contributed by atoms with Crippen LogP contribution in [0.25, 0.3) is 0 Å². The number of benzene rings is 1. The van der Waals surface area contributed by atoms with E-state index in [0.717, 1.165) is 18.5 Å². The second-order valence-corrected chi connectivity index (χ2v) is 6.08. The summed E-state index contributed by atoms with van der Waals surface area (Å²) in [6.45, 7) is 3.42. The standard InChI is InChI=1S/C17H28N2/c1-14-8-7-11-16(12-14)19(3)17(13-18-2)15-9-5-4-6-10-15/h4-6,9-10,14,16-18H,7-8,11-13H2,1-3H3. The Labute approximate surface area is 118 Å². The Bertz CT molecular complexity index is 363. The van der Waals surface area contributed by atoms with Crippen LogP contribution < -0.4 is 5.32 Å². The fourth-order valence-corrected chi connectivity index (χ4v) is 3.39. The maximum atomic E-state index is 3.36. The summed E-state index contributed by atoms with van der Waals surface area (Å²) < 4.78 is 0. The lowest BCUT2D eigenvalue weighted by atomic mass is 9.85. The first kappa shape index (κ1) is 14.5. The van der Waals surface area contributed by atoms with Crippen molar-refractivity contribution in [3.8, 4) is 0 Å². The van der Waals surface area contributed by atoms with E-state index >= 15 is 0 Å². The van der Waals surface area contributed by atoms with Crippen LogP contribution in [0.4, 0.5) is 0 Å². The van der Waals surface area contributed by atoms with Gasteiger partial charge in [-0.05, 0) is 38.4 Å². The van der Waals surface area contributed by atoms with Gasteiger partial charge in [-0.2, -0.15) is 0 Å². The van der Waals surface area contributed by atoms with Crippen molar-refractivity contribution in [2.24, 2.45) is 5.92 Å². The highest BCUT2D eigenvalue weighted by Gasteiger charge is 2.27. The molecular formula is C17H28N2. The summed E-state index contributed by atoms with van der Waals surface area (Å²) in [6.07, 6.45) is 5.50. The zero-order valence-electron chi connectivity index (χ0n) is 12.6. The van der Waals surface area contributed by atoms with Crippen molar-refractivity contribution in [2.45, 2.75) is 44.7 Å². The number of hydrogen-bond donors (Lipinski definition) is 1. The summed E-state index contributed by atoms with van der Waals surface area (Å²) in [5.74, 6) is 0.882. The Kier molecular flexibility index (Phi) is 5.41. The molecule has 1 fully saturated rings. The van der Waals surface area contributed by atoms with E-state index in [1.54, 1.807) is 0 Å². The van der Waals surface area contributed by atoms with Gasteiger partial charge in [0.25, 0.3) is 0 Å². The first-order valence-corrected chi connectivity index (χ1v) is 7.64. The molecule has 3 atom stereocenters. The van der Waals surface area contributed by atoms with Gasteiger partial charge in [-0.15, -0.1) is 0 Å². The largest absolute Gasteiger partial charge is 0.318 e. The Morgan fingerprint density at radius 2 is 2.00 bits per heavy atom. The molecule has 0 amide bonds. The molecule has 0 aliphatic heterocycles. The quantitative estimate of drug-likeness (QED) is 0.872. The highest BCUT2D eigenvalue weighted by molar-refractivity contribution is 5.19. The van der Waals surface area contributed by atoms with Gasteiger partial charge in [0.15, 0.2) is 0 Å². The zero-order chi connectivity index (χ0) is 13.7.